The maximum Gasteiger partial charge on any atom is 0.356 e. The van der Waals surface area contributed by atoms with Crippen molar-refractivity contribution >= 4 is 29.1 Å². The Morgan fingerprint density at radius 3 is 2.62 bits per heavy atom. The molecule has 0 saturated carbocycles. The lowest BCUT2D eigenvalue weighted by atomic mass is 10.1. The van der Waals surface area contributed by atoms with Crippen molar-refractivity contribution in [2.45, 2.75) is 25.8 Å². The van der Waals surface area contributed by atoms with Crippen LogP contribution < -0.4 is 5.73 Å². The molecule has 1 saturated heterocycles. The van der Waals surface area contributed by atoms with Gasteiger partial charge >= 0.3 is 5.97 Å². The Hall–Kier alpha value is -2.81. The summed E-state index contributed by atoms with van der Waals surface area (Å²) in [6, 6.07) is 2.51. The highest BCUT2D eigenvalue weighted by Crippen LogP contribution is 2.34. The van der Waals surface area contributed by atoms with Crippen LogP contribution in [0, 0.1) is 6.92 Å². The first-order valence-electron chi connectivity index (χ1n) is 8.04. The van der Waals surface area contributed by atoms with E-state index >= 15 is 0 Å². The van der Waals surface area contributed by atoms with Gasteiger partial charge in [-0.2, -0.15) is 0 Å². The topological polar surface area (TPSA) is 115 Å². The molecule has 0 spiro atoms. The van der Waals surface area contributed by atoms with Gasteiger partial charge in [-0.3, -0.25) is 9.59 Å². The van der Waals surface area contributed by atoms with Gasteiger partial charge in [0.2, 0.25) is 0 Å². The highest BCUT2D eigenvalue weighted by atomic mass is 32.1. The number of nitrogens with two attached hydrogens (primary N) is 1. The summed E-state index contributed by atoms with van der Waals surface area (Å²) in [5, 5.41) is 2.83. The van der Waals surface area contributed by atoms with Crippen molar-refractivity contribution in [1.29, 1.82) is 0 Å². The zero-order valence-corrected chi connectivity index (χ0v) is 15.2. The molecule has 0 aromatic carbocycles. The first-order valence-corrected chi connectivity index (χ1v) is 8.92. The Bertz CT molecular complexity index is 879. The maximum absolute atomic E-state index is 13.0. The molecule has 2 amide bonds. The largest absolute Gasteiger partial charge is 0.464 e. The molecule has 1 aliphatic rings. The van der Waals surface area contributed by atoms with E-state index in [1.54, 1.807) is 4.90 Å². The van der Waals surface area contributed by atoms with Crippen LogP contribution in [0.5, 0.6) is 0 Å². The highest BCUT2D eigenvalue weighted by Gasteiger charge is 2.33. The first-order chi connectivity index (χ1) is 12.4. The van der Waals surface area contributed by atoms with Crippen LogP contribution in [-0.4, -0.2) is 46.3 Å². The molecule has 0 radical (unpaired) electrons. The molecule has 9 heteroatoms. The molecule has 3 rings (SSSR count). The zero-order chi connectivity index (χ0) is 18.8. The number of carbonyl (C=O) groups is 3. The molecule has 26 heavy (non-hydrogen) atoms. The van der Waals surface area contributed by atoms with Gasteiger partial charge in [0.05, 0.1) is 13.2 Å². The minimum Gasteiger partial charge on any atom is -0.464 e. The first kappa shape index (κ1) is 18.0. The number of aromatic nitrogens is 2. The van der Waals surface area contributed by atoms with E-state index in [1.807, 2.05) is 12.3 Å². The molecule has 1 aliphatic heterocycles. The van der Waals surface area contributed by atoms with E-state index in [1.165, 1.54) is 30.6 Å². The van der Waals surface area contributed by atoms with Crippen LogP contribution in [0.15, 0.2) is 17.5 Å². The average molecular weight is 374 g/mol. The lowest BCUT2D eigenvalue weighted by Crippen LogP contribution is -2.31. The van der Waals surface area contributed by atoms with E-state index in [2.05, 4.69) is 14.7 Å². The van der Waals surface area contributed by atoms with Crippen LogP contribution in [0.4, 0.5) is 0 Å². The molecule has 0 aliphatic carbocycles. The molecule has 8 nitrogen and oxygen atoms in total. The second-order valence-electron chi connectivity index (χ2n) is 5.97. The monoisotopic (exact) mass is 374 g/mol. The third-order valence-corrected chi connectivity index (χ3v) is 5.22. The predicted molar refractivity (Wildman–Crippen MR) is 94.0 cm³/mol. The highest BCUT2D eigenvalue weighted by molar-refractivity contribution is 7.09. The number of nitrogens with zero attached hydrogens (tertiary/aromatic N) is 3. The molecular formula is C17H18N4O4S. The Morgan fingerprint density at radius 2 is 2.00 bits per heavy atom. The van der Waals surface area contributed by atoms with Gasteiger partial charge in [-0.1, -0.05) is 0 Å². The Labute approximate surface area is 154 Å². The van der Waals surface area contributed by atoms with E-state index < -0.39 is 11.9 Å². The van der Waals surface area contributed by atoms with Crippen molar-refractivity contribution in [3.63, 3.8) is 0 Å². The molecule has 136 valence electrons. The number of amides is 2. The number of hydrogen-bond donors (Lipinski definition) is 1. The second kappa shape index (κ2) is 7.20. The summed E-state index contributed by atoms with van der Waals surface area (Å²) in [7, 11) is 1.20. The minimum absolute atomic E-state index is 0.118. The summed E-state index contributed by atoms with van der Waals surface area (Å²) < 4.78 is 4.64. The fraction of sp³-hybridized carbons (Fsp3) is 0.353. The van der Waals surface area contributed by atoms with Crippen molar-refractivity contribution in [1.82, 2.24) is 14.9 Å². The van der Waals surface area contributed by atoms with Crippen LogP contribution in [0.25, 0.3) is 0 Å². The van der Waals surface area contributed by atoms with Crippen molar-refractivity contribution in [2.24, 2.45) is 5.73 Å². The van der Waals surface area contributed by atoms with E-state index in [0.29, 0.717) is 6.54 Å². The Balaban J connectivity index is 1.96. The van der Waals surface area contributed by atoms with Crippen molar-refractivity contribution in [2.75, 3.05) is 13.7 Å². The fourth-order valence-electron chi connectivity index (χ4n) is 2.95. The number of thiazole rings is 1. The quantitative estimate of drug-likeness (QED) is 0.815. The van der Waals surface area contributed by atoms with Gasteiger partial charge in [-0.15, -0.1) is 11.3 Å². The number of rotatable bonds is 4. The smallest absolute Gasteiger partial charge is 0.356 e. The predicted octanol–water partition coefficient (Wildman–Crippen LogP) is 1.71. The van der Waals surface area contributed by atoms with Gasteiger partial charge in [0.1, 0.15) is 16.4 Å². The van der Waals surface area contributed by atoms with Gasteiger partial charge in [0.25, 0.3) is 11.8 Å². The summed E-state index contributed by atoms with van der Waals surface area (Å²) in [5.74, 6) is -1.86. The van der Waals surface area contributed by atoms with E-state index in [-0.39, 0.29) is 28.9 Å². The number of aryl methyl sites for hydroxylation is 1. The molecule has 2 N–H and O–H groups in total. The Kier molecular flexibility index (Phi) is 4.99. The normalized spacial score (nSPS) is 16.5. The van der Waals surface area contributed by atoms with Crippen molar-refractivity contribution in [3.8, 4) is 0 Å². The molecule has 2 aromatic heterocycles. The number of methoxy groups -OCH3 is 1. The van der Waals surface area contributed by atoms with Gasteiger partial charge in [0, 0.05) is 23.2 Å². The molecule has 2 aromatic rings. The number of hydrogen-bond acceptors (Lipinski definition) is 7. The van der Waals surface area contributed by atoms with E-state index in [9.17, 15) is 14.4 Å². The average Bonchev–Trinajstić information content (AvgIpc) is 3.28. The number of carbonyl (C=O) groups excluding carboxylic acids is 3. The van der Waals surface area contributed by atoms with Crippen LogP contribution in [0.1, 0.15) is 60.9 Å². The molecule has 1 unspecified atom stereocenters. The number of pyridine rings is 1. The lowest BCUT2D eigenvalue weighted by molar-refractivity contribution is 0.0594. The van der Waals surface area contributed by atoms with Gasteiger partial charge in [-0.05, 0) is 31.9 Å². The van der Waals surface area contributed by atoms with Gasteiger partial charge in [0.15, 0.2) is 0 Å². The van der Waals surface area contributed by atoms with E-state index in [0.717, 1.165) is 23.5 Å². The molecule has 1 atom stereocenters. The molecule has 1 fully saturated rings. The summed E-state index contributed by atoms with van der Waals surface area (Å²) in [6.45, 7) is 2.48. The fourth-order valence-corrected chi connectivity index (χ4v) is 3.89. The van der Waals surface area contributed by atoms with Crippen LogP contribution >= 0.6 is 11.3 Å². The number of ether oxygens (including phenoxy) is 1. The molecular weight excluding hydrogens is 356 g/mol. The summed E-state index contributed by atoms with van der Waals surface area (Å²) in [5.41, 5.74) is 6.08. The molecule has 0 bridgehead atoms. The summed E-state index contributed by atoms with van der Waals surface area (Å²) in [6.07, 6.45) is 1.67. The number of esters is 1. The third kappa shape index (κ3) is 3.43. The summed E-state index contributed by atoms with van der Waals surface area (Å²) in [4.78, 5) is 46.4. The maximum atomic E-state index is 13.0. The number of likely N-dealkylation sites (tertiary alicyclic amines) is 1. The second-order valence-corrected chi connectivity index (χ2v) is 6.86. The van der Waals surface area contributed by atoms with Crippen molar-refractivity contribution in [3.05, 3.63) is 45.2 Å². The van der Waals surface area contributed by atoms with Crippen molar-refractivity contribution < 1.29 is 19.1 Å². The minimum atomic E-state index is -0.821. The molecule has 3 heterocycles. The van der Waals surface area contributed by atoms with Gasteiger partial charge in [-0.25, -0.2) is 14.8 Å². The van der Waals surface area contributed by atoms with E-state index in [4.69, 9.17) is 5.73 Å². The standard InChI is InChI=1S/C17H18N4O4S/c1-9-8-26-15(19-9)13-4-3-5-21(13)16(23)10-6-11(14(18)22)20-12(7-10)17(24)25-2/h6-8,13H,3-5H2,1-2H3,(H2,18,22). The number of primary amides is 1. The van der Waals surface area contributed by atoms with Crippen LogP contribution in [0.2, 0.25) is 0 Å². The van der Waals surface area contributed by atoms with Crippen LogP contribution in [0.3, 0.4) is 0 Å². The lowest BCUT2D eigenvalue weighted by Gasteiger charge is -2.23. The van der Waals surface area contributed by atoms with Gasteiger partial charge < -0.3 is 15.4 Å². The Morgan fingerprint density at radius 1 is 1.27 bits per heavy atom. The third-order valence-electron chi connectivity index (χ3n) is 4.15. The van der Waals surface area contributed by atoms with Crippen LogP contribution in [-0.2, 0) is 4.74 Å². The SMILES string of the molecule is COC(=O)c1cc(C(=O)N2CCCC2c2nc(C)cs2)cc(C(N)=O)n1. The zero-order valence-electron chi connectivity index (χ0n) is 14.4. The summed E-state index contributed by atoms with van der Waals surface area (Å²) >= 11 is 1.52.